The molecule has 1 atom stereocenters. The molecule has 2 aromatic carbocycles. The van der Waals surface area contributed by atoms with E-state index in [2.05, 4.69) is 4.89 Å². The molecular formula is C13H12O3. The molecule has 0 aliphatic carbocycles. The van der Waals surface area contributed by atoms with E-state index in [1.54, 1.807) is 6.92 Å². The smallest absolute Gasteiger partial charge is 0.300 e. The number of fused-ring (bicyclic) bond motifs is 1. The summed E-state index contributed by atoms with van der Waals surface area (Å²) in [5, 5.41) is 10.5. The van der Waals surface area contributed by atoms with Crippen molar-refractivity contribution in [2.24, 2.45) is 0 Å². The molecule has 0 aliphatic rings. The van der Waals surface area contributed by atoms with Crippen molar-refractivity contribution >= 4 is 16.7 Å². The lowest BCUT2D eigenvalue weighted by atomic mass is 9.95. The molecule has 0 saturated carbocycles. The molecule has 0 radical (unpaired) electrons. The number of carbonyl (C=O) groups excluding carboxylic acids is 1. The Morgan fingerprint density at radius 3 is 2.62 bits per heavy atom. The van der Waals surface area contributed by atoms with Crippen molar-refractivity contribution in [1.29, 1.82) is 0 Å². The van der Waals surface area contributed by atoms with Crippen molar-refractivity contribution in [1.82, 2.24) is 0 Å². The summed E-state index contributed by atoms with van der Waals surface area (Å²) >= 11 is 0. The van der Waals surface area contributed by atoms with Crippen LogP contribution in [0.2, 0.25) is 0 Å². The van der Waals surface area contributed by atoms with Crippen molar-refractivity contribution in [3.8, 4) is 0 Å². The Balaban J connectivity index is 2.56. The second kappa shape index (κ2) is 4.33. The molecule has 0 amide bonds. The summed E-state index contributed by atoms with van der Waals surface area (Å²) in [6.45, 7) is 1.71. The summed E-state index contributed by atoms with van der Waals surface area (Å²) < 4.78 is 0. The zero-order valence-corrected chi connectivity index (χ0v) is 8.88. The Morgan fingerprint density at radius 2 is 1.88 bits per heavy atom. The summed E-state index contributed by atoms with van der Waals surface area (Å²) in [6.07, 6.45) is 0. The van der Waals surface area contributed by atoms with Gasteiger partial charge in [0.1, 0.15) is 0 Å². The van der Waals surface area contributed by atoms with E-state index in [4.69, 9.17) is 5.26 Å². The molecule has 0 saturated heterocycles. The van der Waals surface area contributed by atoms with Crippen molar-refractivity contribution in [2.45, 2.75) is 12.8 Å². The highest BCUT2D eigenvalue weighted by Crippen LogP contribution is 2.25. The maximum absolute atomic E-state index is 11.3. The predicted molar refractivity (Wildman–Crippen MR) is 61.1 cm³/mol. The van der Waals surface area contributed by atoms with E-state index < -0.39 is 11.9 Å². The van der Waals surface area contributed by atoms with Crippen LogP contribution in [0.5, 0.6) is 0 Å². The third-order valence-electron chi connectivity index (χ3n) is 2.73. The summed E-state index contributed by atoms with van der Waals surface area (Å²) in [6, 6.07) is 13.5. The number of hydrogen-bond donors (Lipinski definition) is 1. The summed E-state index contributed by atoms with van der Waals surface area (Å²) in [7, 11) is 0. The van der Waals surface area contributed by atoms with Gasteiger partial charge in [-0.1, -0.05) is 42.5 Å². The highest BCUT2D eigenvalue weighted by molar-refractivity contribution is 5.90. The maximum atomic E-state index is 11.3. The third-order valence-corrected chi connectivity index (χ3v) is 2.73. The molecule has 16 heavy (non-hydrogen) atoms. The van der Waals surface area contributed by atoms with Gasteiger partial charge in [0.05, 0.1) is 5.92 Å². The van der Waals surface area contributed by atoms with E-state index in [0.717, 1.165) is 16.3 Å². The molecular weight excluding hydrogens is 204 g/mol. The first-order valence-electron chi connectivity index (χ1n) is 5.07. The van der Waals surface area contributed by atoms with Crippen LogP contribution in [0.25, 0.3) is 10.8 Å². The molecule has 3 nitrogen and oxygen atoms in total. The third kappa shape index (κ3) is 1.77. The molecule has 0 spiro atoms. The van der Waals surface area contributed by atoms with Crippen LogP contribution < -0.4 is 0 Å². The van der Waals surface area contributed by atoms with Gasteiger partial charge in [0, 0.05) is 0 Å². The van der Waals surface area contributed by atoms with E-state index in [9.17, 15) is 4.79 Å². The quantitative estimate of drug-likeness (QED) is 0.620. The molecule has 0 unspecified atom stereocenters. The Bertz CT molecular complexity index is 514. The van der Waals surface area contributed by atoms with Gasteiger partial charge < -0.3 is 4.89 Å². The number of benzene rings is 2. The highest BCUT2D eigenvalue weighted by atomic mass is 17.1. The highest BCUT2D eigenvalue weighted by Gasteiger charge is 2.18. The molecule has 2 aromatic rings. The second-order valence-electron chi connectivity index (χ2n) is 3.70. The van der Waals surface area contributed by atoms with Crippen LogP contribution in [0.15, 0.2) is 42.5 Å². The fourth-order valence-corrected chi connectivity index (χ4v) is 1.83. The van der Waals surface area contributed by atoms with Gasteiger partial charge in [-0.25, -0.2) is 4.79 Å². The van der Waals surface area contributed by atoms with Crippen LogP contribution in [0.4, 0.5) is 0 Å². The van der Waals surface area contributed by atoms with Gasteiger partial charge in [-0.2, -0.15) is 5.26 Å². The Hall–Kier alpha value is -1.87. The van der Waals surface area contributed by atoms with Crippen LogP contribution in [0, 0.1) is 0 Å². The van der Waals surface area contributed by atoms with Crippen LogP contribution >= 0.6 is 0 Å². The molecule has 82 valence electrons. The first-order chi connectivity index (χ1) is 7.74. The minimum atomic E-state index is -0.642. The molecule has 3 heteroatoms. The SMILES string of the molecule is C[C@H](C(=O)OO)c1cccc2ccccc12. The van der Waals surface area contributed by atoms with Gasteiger partial charge >= 0.3 is 5.97 Å². The van der Waals surface area contributed by atoms with Crippen molar-refractivity contribution in [3.63, 3.8) is 0 Å². The fourth-order valence-electron chi connectivity index (χ4n) is 1.83. The van der Waals surface area contributed by atoms with Gasteiger partial charge in [-0.3, -0.25) is 0 Å². The molecule has 0 heterocycles. The summed E-state index contributed by atoms with van der Waals surface area (Å²) in [5.74, 6) is -1.12. The van der Waals surface area contributed by atoms with Gasteiger partial charge in [-0.15, -0.1) is 0 Å². The molecule has 2 rings (SSSR count). The van der Waals surface area contributed by atoms with Crippen LogP contribution in [-0.4, -0.2) is 11.2 Å². The lowest BCUT2D eigenvalue weighted by Crippen LogP contribution is -2.11. The number of hydrogen-bond acceptors (Lipinski definition) is 3. The lowest BCUT2D eigenvalue weighted by molar-refractivity contribution is -0.235. The van der Waals surface area contributed by atoms with Gasteiger partial charge in [0.25, 0.3) is 0 Å². The zero-order chi connectivity index (χ0) is 11.5. The first kappa shape index (κ1) is 10.6. The second-order valence-corrected chi connectivity index (χ2v) is 3.70. The van der Waals surface area contributed by atoms with E-state index in [1.807, 2.05) is 42.5 Å². The Labute approximate surface area is 93.2 Å². The maximum Gasteiger partial charge on any atom is 0.349 e. The van der Waals surface area contributed by atoms with E-state index in [1.165, 1.54) is 0 Å². The van der Waals surface area contributed by atoms with Crippen LogP contribution in [-0.2, 0) is 9.68 Å². The van der Waals surface area contributed by atoms with Crippen LogP contribution in [0.3, 0.4) is 0 Å². The molecule has 0 fully saturated rings. The largest absolute Gasteiger partial charge is 0.349 e. The van der Waals surface area contributed by atoms with Gasteiger partial charge in [0.15, 0.2) is 0 Å². The van der Waals surface area contributed by atoms with Crippen molar-refractivity contribution in [3.05, 3.63) is 48.0 Å². The average Bonchev–Trinajstić information content (AvgIpc) is 2.36. The lowest BCUT2D eigenvalue weighted by Gasteiger charge is -2.11. The van der Waals surface area contributed by atoms with Crippen molar-refractivity contribution in [2.75, 3.05) is 0 Å². The Kier molecular flexibility index (Phi) is 2.88. The first-order valence-corrected chi connectivity index (χ1v) is 5.07. The predicted octanol–water partition coefficient (Wildman–Crippen LogP) is 2.96. The minimum Gasteiger partial charge on any atom is -0.300 e. The van der Waals surface area contributed by atoms with E-state index >= 15 is 0 Å². The van der Waals surface area contributed by atoms with Crippen LogP contribution in [0.1, 0.15) is 18.4 Å². The van der Waals surface area contributed by atoms with Gasteiger partial charge in [0.2, 0.25) is 0 Å². The fraction of sp³-hybridized carbons (Fsp3) is 0.154. The van der Waals surface area contributed by atoms with E-state index in [-0.39, 0.29) is 0 Å². The van der Waals surface area contributed by atoms with Crippen molar-refractivity contribution < 1.29 is 14.9 Å². The average molecular weight is 216 g/mol. The molecule has 0 aromatic heterocycles. The standard InChI is InChI=1S/C13H12O3/c1-9(13(14)16-15)11-8-4-6-10-5-2-3-7-12(10)11/h2-9,15H,1H3/t9-/m0/s1. The summed E-state index contributed by atoms with van der Waals surface area (Å²) in [4.78, 5) is 15.1. The monoisotopic (exact) mass is 216 g/mol. The summed E-state index contributed by atoms with van der Waals surface area (Å²) in [5.41, 5.74) is 0.858. The molecule has 1 N–H and O–H groups in total. The molecule has 0 bridgehead atoms. The zero-order valence-electron chi connectivity index (χ0n) is 8.88. The minimum absolute atomic E-state index is 0.476. The van der Waals surface area contributed by atoms with E-state index in [0.29, 0.717) is 0 Å². The normalized spacial score (nSPS) is 12.4. The topological polar surface area (TPSA) is 46.5 Å². The number of carbonyl (C=O) groups is 1. The van der Waals surface area contributed by atoms with Gasteiger partial charge in [-0.05, 0) is 23.3 Å². The Morgan fingerprint density at radius 1 is 1.19 bits per heavy atom. The number of rotatable bonds is 2. The molecule has 0 aliphatic heterocycles.